The van der Waals surface area contributed by atoms with Crippen LogP contribution in [0.2, 0.25) is 0 Å². The van der Waals surface area contributed by atoms with Crippen molar-refractivity contribution < 1.29 is 0 Å². The van der Waals surface area contributed by atoms with Crippen molar-refractivity contribution in [2.45, 2.75) is 112 Å². The molecule has 2 nitrogen and oxygen atoms in total. The fraction of sp³-hybridized carbons (Fsp3) is 0.735. The molecular formula is C34H52N2. The van der Waals surface area contributed by atoms with Crippen molar-refractivity contribution in [3.8, 4) is 6.07 Å². The monoisotopic (exact) mass is 488 g/mol. The van der Waals surface area contributed by atoms with Crippen LogP contribution in [0, 0.1) is 56.7 Å². The second kappa shape index (κ2) is 9.01. The summed E-state index contributed by atoms with van der Waals surface area (Å²) in [5, 5.41) is 9.78. The van der Waals surface area contributed by atoms with Gasteiger partial charge in [0.05, 0.1) is 6.07 Å². The van der Waals surface area contributed by atoms with Crippen molar-refractivity contribution >= 4 is 0 Å². The third kappa shape index (κ3) is 4.09. The lowest BCUT2D eigenvalue weighted by Gasteiger charge is -2.66. The summed E-state index contributed by atoms with van der Waals surface area (Å²) in [6.07, 6.45) is 18.3. The number of nitrogens with zero attached hydrogens (tertiary/aromatic N) is 1. The molecule has 36 heavy (non-hydrogen) atoms. The second-order valence-corrected chi connectivity index (χ2v) is 14.7. The van der Waals surface area contributed by atoms with Gasteiger partial charge in [-0.25, -0.2) is 0 Å². The van der Waals surface area contributed by atoms with Gasteiger partial charge in [0.2, 0.25) is 0 Å². The molecule has 8 unspecified atom stereocenters. The summed E-state index contributed by atoms with van der Waals surface area (Å²) in [4.78, 5) is 0. The molecule has 3 fully saturated rings. The molecular weight excluding hydrogens is 436 g/mol. The van der Waals surface area contributed by atoms with Gasteiger partial charge in [-0.05, 0) is 105 Å². The summed E-state index contributed by atoms with van der Waals surface area (Å²) < 4.78 is 0. The highest BCUT2D eigenvalue weighted by molar-refractivity contribution is 5.45. The van der Waals surface area contributed by atoms with Crippen LogP contribution in [0.1, 0.15) is 106 Å². The van der Waals surface area contributed by atoms with E-state index in [1.807, 2.05) is 13.0 Å². The minimum atomic E-state index is -0.502. The molecule has 0 saturated heterocycles. The standard InChI is InChI=1S/C34H52N2/c1-10-14-34-16-12-25-29(26(34)21-30(5,6)17-18-34)24(4)19-28-31(25,7)15-13-27(33(9,36)11-2)32(28,8)20-23(3)22-35/h11,19-20,25-27,29H,2,4,10,12-18,21,36H2,1,3,5-9H3/b23-20+. The SMILES string of the molecule is C=CC(C)(N)C1CCC2(C)C(=CC(=C)C3C4CC(C)(C)CCC4(CCC)CCC32)C1(C)/C=C(\C)C#N. The van der Waals surface area contributed by atoms with Gasteiger partial charge >= 0.3 is 0 Å². The number of fused-ring (bicyclic) bond motifs is 5. The Kier molecular flexibility index (Phi) is 6.87. The molecule has 0 aliphatic heterocycles. The maximum Gasteiger partial charge on any atom is 0.0941 e. The van der Waals surface area contributed by atoms with Gasteiger partial charge in [0.15, 0.2) is 0 Å². The lowest BCUT2D eigenvalue weighted by Crippen LogP contribution is -2.59. The number of rotatable bonds is 5. The molecule has 2 N–H and O–H groups in total. The van der Waals surface area contributed by atoms with Crippen molar-refractivity contribution in [3.63, 3.8) is 0 Å². The molecule has 0 spiro atoms. The zero-order valence-corrected chi connectivity index (χ0v) is 24.3. The zero-order chi connectivity index (χ0) is 26.7. The molecule has 3 saturated carbocycles. The van der Waals surface area contributed by atoms with Gasteiger partial charge in [-0.3, -0.25) is 0 Å². The summed E-state index contributed by atoms with van der Waals surface area (Å²) in [5.41, 5.74) is 10.7. The molecule has 0 bridgehead atoms. The maximum atomic E-state index is 9.78. The molecule has 0 radical (unpaired) electrons. The van der Waals surface area contributed by atoms with Crippen LogP contribution in [0.15, 0.2) is 48.1 Å². The highest BCUT2D eigenvalue weighted by Crippen LogP contribution is 2.70. The van der Waals surface area contributed by atoms with Crippen molar-refractivity contribution in [3.05, 3.63) is 48.1 Å². The Bertz CT molecular complexity index is 1020. The molecule has 0 aromatic rings. The fourth-order valence-corrected chi connectivity index (χ4v) is 10.0. The first kappa shape index (κ1) is 27.4. The molecule has 4 aliphatic carbocycles. The van der Waals surface area contributed by atoms with Gasteiger partial charge < -0.3 is 5.73 Å². The normalized spacial score (nSPS) is 43.7. The van der Waals surface area contributed by atoms with E-state index in [0.29, 0.717) is 22.7 Å². The summed E-state index contributed by atoms with van der Waals surface area (Å²) >= 11 is 0. The van der Waals surface area contributed by atoms with Crippen LogP contribution in [-0.4, -0.2) is 5.54 Å². The Morgan fingerprint density at radius 3 is 2.47 bits per heavy atom. The molecule has 0 heterocycles. The van der Waals surface area contributed by atoms with Crippen LogP contribution in [0.5, 0.6) is 0 Å². The zero-order valence-electron chi connectivity index (χ0n) is 24.3. The first-order valence-electron chi connectivity index (χ1n) is 14.6. The van der Waals surface area contributed by atoms with Crippen molar-refractivity contribution in [2.24, 2.45) is 51.1 Å². The van der Waals surface area contributed by atoms with E-state index >= 15 is 0 Å². The lowest BCUT2D eigenvalue weighted by atomic mass is 9.39. The Balaban J connectivity index is 1.87. The van der Waals surface area contributed by atoms with Crippen molar-refractivity contribution in [1.82, 2.24) is 0 Å². The number of hydrogen-bond acceptors (Lipinski definition) is 2. The lowest BCUT2D eigenvalue weighted by molar-refractivity contribution is -0.0963. The third-order valence-electron chi connectivity index (χ3n) is 11.8. The molecule has 4 rings (SSSR count). The van der Waals surface area contributed by atoms with Gasteiger partial charge in [0, 0.05) is 16.5 Å². The van der Waals surface area contributed by atoms with Gasteiger partial charge in [-0.1, -0.05) is 77.0 Å². The van der Waals surface area contributed by atoms with Crippen molar-refractivity contribution in [2.75, 3.05) is 0 Å². The molecule has 0 aromatic heterocycles. The van der Waals surface area contributed by atoms with Gasteiger partial charge in [-0.2, -0.15) is 5.26 Å². The maximum absolute atomic E-state index is 9.78. The first-order valence-corrected chi connectivity index (χ1v) is 14.6. The van der Waals surface area contributed by atoms with Crippen LogP contribution in [0.25, 0.3) is 0 Å². The van der Waals surface area contributed by atoms with Gasteiger partial charge in [0.25, 0.3) is 0 Å². The van der Waals surface area contributed by atoms with E-state index in [2.05, 4.69) is 66.3 Å². The minimum Gasteiger partial charge on any atom is -0.322 e. The van der Waals surface area contributed by atoms with Crippen molar-refractivity contribution in [1.29, 1.82) is 5.26 Å². The smallest absolute Gasteiger partial charge is 0.0941 e. The quantitative estimate of drug-likeness (QED) is 0.310. The van der Waals surface area contributed by atoms with Crippen LogP contribution < -0.4 is 5.73 Å². The van der Waals surface area contributed by atoms with E-state index in [-0.39, 0.29) is 16.7 Å². The van der Waals surface area contributed by atoms with E-state index < -0.39 is 5.54 Å². The highest BCUT2D eigenvalue weighted by atomic mass is 14.8. The predicted octanol–water partition coefficient (Wildman–Crippen LogP) is 8.92. The fourth-order valence-electron chi connectivity index (χ4n) is 10.0. The molecule has 4 aliphatic rings. The summed E-state index contributed by atoms with van der Waals surface area (Å²) in [7, 11) is 0. The summed E-state index contributed by atoms with van der Waals surface area (Å²) in [6, 6.07) is 2.41. The third-order valence-corrected chi connectivity index (χ3v) is 11.8. The molecule has 8 atom stereocenters. The number of nitriles is 1. The Morgan fingerprint density at radius 2 is 1.86 bits per heavy atom. The van der Waals surface area contributed by atoms with E-state index in [4.69, 9.17) is 12.3 Å². The first-order chi connectivity index (χ1) is 16.7. The van der Waals surface area contributed by atoms with Crippen LogP contribution in [0.4, 0.5) is 0 Å². The van der Waals surface area contributed by atoms with Crippen LogP contribution in [-0.2, 0) is 0 Å². The van der Waals surface area contributed by atoms with E-state index in [9.17, 15) is 5.26 Å². The van der Waals surface area contributed by atoms with E-state index in [1.165, 1.54) is 56.1 Å². The highest BCUT2D eigenvalue weighted by Gasteiger charge is 2.62. The molecule has 198 valence electrons. The topological polar surface area (TPSA) is 49.8 Å². The summed E-state index contributed by atoms with van der Waals surface area (Å²) in [5.74, 6) is 2.13. The van der Waals surface area contributed by atoms with Gasteiger partial charge in [-0.15, -0.1) is 6.58 Å². The number of nitrogens with two attached hydrogens (primary N) is 1. The molecule has 2 heteroatoms. The predicted molar refractivity (Wildman–Crippen MR) is 153 cm³/mol. The Hall–Kier alpha value is -1.59. The Morgan fingerprint density at radius 1 is 1.17 bits per heavy atom. The minimum absolute atomic E-state index is 0.112. The number of hydrogen-bond donors (Lipinski definition) is 1. The largest absolute Gasteiger partial charge is 0.322 e. The van der Waals surface area contributed by atoms with Crippen LogP contribution >= 0.6 is 0 Å². The van der Waals surface area contributed by atoms with E-state index in [0.717, 1.165) is 24.3 Å². The van der Waals surface area contributed by atoms with Gasteiger partial charge in [0.1, 0.15) is 0 Å². The average molecular weight is 489 g/mol. The summed E-state index contributed by atoms with van der Waals surface area (Å²) in [6.45, 7) is 25.3. The number of allylic oxidation sites excluding steroid dienone is 5. The van der Waals surface area contributed by atoms with E-state index in [1.54, 1.807) is 0 Å². The molecule has 0 amide bonds. The average Bonchev–Trinajstić information content (AvgIpc) is 2.80. The Labute approximate surface area is 222 Å². The molecule has 0 aromatic carbocycles. The second-order valence-electron chi connectivity index (χ2n) is 14.7. The van der Waals surface area contributed by atoms with Crippen LogP contribution in [0.3, 0.4) is 0 Å².